The van der Waals surface area contributed by atoms with Crippen LogP contribution in [0.5, 0.6) is 0 Å². The minimum absolute atomic E-state index is 0.404. The van der Waals surface area contributed by atoms with Crippen molar-refractivity contribution in [2.45, 2.75) is 30.5 Å². The molecule has 0 aliphatic carbocycles. The molecule has 0 bridgehead atoms. The predicted molar refractivity (Wildman–Crippen MR) is 50.6 cm³/mol. The lowest BCUT2D eigenvalue weighted by Gasteiger charge is -2.12. The van der Waals surface area contributed by atoms with Gasteiger partial charge in [0.2, 0.25) is 0 Å². The number of hydrogen-bond donors (Lipinski definition) is 1. The molecular weight excluding hydrogens is 223 g/mol. The molecule has 0 aromatic rings. The smallest absolute Gasteiger partial charge is 0.266 e. The quantitative estimate of drug-likeness (QED) is 0.584. The van der Waals surface area contributed by atoms with Gasteiger partial charge in [-0.15, -0.1) is 23.2 Å². The van der Waals surface area contributed by atoms with E-state index in [9.17, 15) is 8.42 Å². The summed E-state index contributed by atoms with van der Waals surface area (Å²) in [5.41, 5.74) is 0. The van der Waals surface area contributed by atoms with E-state index >= 15 is 0 Å². The summed E-state index contributed by atoms with van der Waals surface area (Å²) in [6.45, 7) is 1.92. The fraction of sp³-hybridized carbons (Fsp3) is 1.00. The Morgan fingerprint density at radius 1 is 1.33 bits per heavy atom. The van der Waals surface area contributed by atoms with E-state index in [1.807, 2.05) is 6.92 Å². The molecule has 0 aliphatic heterocycles. The van der Waals surface area contributed by atoms with Crippen LogP contribution in [-0.4, -0.2) is 29.5 Å². The summed E-state index contributed by atoms with van der Waals surface area (Å²) < 4.78 is 29.2. The average molecular weight is 235 g/mol. The van der Waals surface area contributed by atoms with Crippen LogP contribution in [0.1, 0.15) is 19.8 Å². The molecule has 2 atom stereocenters. The van der Waals surface area contributed by atoms with Crippen LogP contribution < -0.4 is 0 Å². The van der Waals surface area contributed by atoms with Gasteiger partial charge >= 0.3 is 0 Å². The second kappa shape index (κ2) is 5.27. The summed E-state index contributed by atoms with van der Waals surface area (Å²) in [7, 11) is -4.00. The Morgan fingerprint density at radius 3 is 2.17 bits per heavy atom. The van der Waals surface area contributed by atoms with Crippen molar-refractivity contribution in [3.63, 3.8) is 0 Å². The molecule has 0 spiro atoms. The van der Waals surface area contributed by atoms with Gasteiger partial charge in [-0.3, -0.25) is 4.55 Å². The van der Waals surface area contributed by atoms with Crippen LogP contribution in [0.15, 0.2) is 0 Å². The predicted octanol–water partition coefficient (Wildman–Crippen LogP) is 1.89. The van der Waals surface area contributed by atoms with Crippen LogP contribution in [0.2, 0.25) is 0 Å². The minimum atomic E-state index is -4.00. The zero-order chi connectivity index (χ0) is 9.78. The third kappa shape index (κ3) is 6.06. The van der Waals surface area contributed by atoms with Gasteiger partial charge in [-0.25, -0.2) is 0 Å². The van der Waals surface area contributed by atoms with Gasteiger partial charge in [-0.05, 0) is 6.42 Å². The van der Waals surface area contributed by atoms with Gasteiger partial charge in [0.05, 0.1) is 16.5 Å². The molecule has 74 valence electrons. The summed E-state index contributed by atoms with van der Waals surface area (Å²) in [5.74, 6) is -0.483. The van der Waals surface area contributed by atoms with Crippen LogP contribution in [0.25, 0.3) is 0 Å². The molecule has 6 heteroatoms. The van der Waals surface area contributed by atoms with Crippen molar-refractivity contribution >= 4 is 33.3 Å². The van der Waals surface area contributed by atoms with Crippen molar-refractivity contribution < 1.29 is 13.0 Å². The van der Waals surface area contributed by atoms with E-state index in [0.29, 0.717) is 6.42 Å². The molecule has 0 fully saturated rings. The van der Waals surface area contributed by atoms with E-state index < -0.39 is 26.6 Å². The van der Waals surface area contributed by atoms with Gasteiger partial charge in [0, 0.05) is 0 Å². The van der Waals surface area contributed by atoms with Gasteiger partial charge < -0.3 is 0 Å². The van der Waals surface area contributed by atoms with E-state index in [0.717, 1.165) is 6.42 Å². The van der Waals surface area contributed by atoms with Crippen molar-refractivity contribution in [3.05, 3.63) is 0 Å². The topological polar surface area (TPSA) is 54.4 Å². The first-order valence-corrected chi connectivity index (χ1v) is 6.08. The van der Waals surface area contributed by atoms with Crippen molar-refractivity contribution in [1.82, 2.24) is 0 Å². The van der Waals surface area contributed by atoms with Gasteiger partial charge in [0.15, 0.2) is 0 Å². The molecule has 0 aliphatic rings. The zero-order valence-corrected chi connectivity index (χ0v) is 9.03. The Balaban J connectivity index is 3.95. The summed E-state index contributed by atoms with van der Waals surface area (Å²) >= 11 is 11.4. The monoisotopic (exact) mass is 234 g/mol. The SMILES string of the molecule is CCCC(Cl)C(Cl)CS(=O)(=O)O. The van der Waals surface area contributed by atoms with E-state index in [1.165, 1.54) is 0 Å². The molecule has 0 radical (unpaired) electrons. The Morgan fingerprint density at radius 2 is 1.83 bits per heavy atom. The van der Waals surface area contributed by atoms with Crippen LogP contribution in [0.4, 0.5) is 0 Å². The Kier molecular flexibility index (Phi) is 5.48. The molecule has 0 rings (SSSR count). The summed E-state index contributed by atoms with van der Waals surface area (Å²) in [5, 5.41) is -1.12. The molecule has 0 aromatic heterocycles. The summed E-state index contributed by atoms with van der Waals surface area (Å²) in [6.07, 6.45) is 1.48. The first kappa shape index (κ1) is 12.5. The van der Waals surface area contributed by atoms with E-state index in [2.05, 4.69) is 0 Å². The normalized spacial score (nSPS) is 17.3. The maximum atomic E-state index is 10.4. The standard InChI is InChI=1S/C6H12Cl2O3S/c1-2-3-5(7)6(8)4-12(9,10)11/h5-6H,2-4H2,1H3,(H,9,10,11). The Labute approximate surface area is 82.8 Å². The van der Waals surface area contributed by atoms with Gasteiger partial charge in [-0.2, -0.15) is 8.42 Å². The molecule has 0 saturated carbocycles. The minimum Gasteiger partial charge on any atom is -0.286 e. The molecule has 0 amide bonds. The average Bonchev–Trinajstić information content (AvgIpc) is 1.84. The molecule has 2 unspecified atom stereocenters. The number of alkyl halides is 2. The van der Waals surface area contributed by atoms with E-state index in [-0.39, 0.29) is 0 Å². The van der Waals surface area contributed by atoms with Crippen LogP contribution >= 0.6 is 23.2 Å². The summed E-state index contributed by atoms with van der Waals surface area (Å²) in [6, 6.07) is 0. The van der Waals surface area contributed by atoms with Crippen molar-refractivity contribution in [1.29, 1.82) is 0 Å². The van der Waals surface area contributed by atoms with Gasteiger partial charge in [-0.1, -0.05) is 13.3 Å². The lowest BCUT2D eigenvalue weighted by Crippen LogP contribution is -2.24. The first-order valence-electron chi connectivity index (χ1n) is 3.60. The second-order valence-electron chi connectivity index (χ2n) is 2.57. The van der Waals surface area contributed by atoms with E-state index in [1.54, 1.807) is 0 Å². The van der Waals surface area contributed by atoms with Gasteiger partial charge in [0.1, 0.15) is 0 Å². The Bertz CT molecular complexity index is 215. The highest BCUT2D eigenvalue weighted by molar-refractivity contribution is 7.85. The molecular formula is C6H12Cl2O3S. The largest absolute Gasteiger partial charge is 0.286 e. The molecule has 0 heterocycles. The highest BCUT2D eigenvalue weighted by Gasteiger charge is 2.21. The van der Waals surface area contributed by atoms with E-state index in [4.69, 9.17) is 27.8 Å². The number of halogens is 2. The third-order valence-electron chi connectivity index (χ3n) is 1.33. The maximum Gasteiger partial charge on any atom is 0.266 e. The van der Waals surface area contributed by atoms with Crippen LogP contribution in [-0.2, 0) is 10.1 Å². The van der Waals surface area contributed by atoms with Crippen molar-refractivity contribution in [3.8, 4) is 0 Å². The fourth-order valence-electron chi connectivity index (χ4n) is 0.762. The second-order valence-corrected chi connectivity index (χ2v) is 5.19. The number of hydrogen-bond acceptors (Lipinski definition) is 2. The van der Waals surface area contributed by atoms with Crippen LogP contribution in [0, 0.1) is 0 Å². The molecule has 0 aromatic carbocycles. The summed E-state index contributed by atoms with van der Waals surface area (Å²) in [4.78, 5) is 0. The lowest BCUT2D eigenvalue weighted by atomic mass is 10.2. The molecule has 0 saturated heterocycles. The van der Waals surface area contributed by atoms with Crippen molar-refractivity contribution in [2.75, 3.05) is 5.75 Å². The third-order valence-corrected chi connectivity index (χ3v) is 3.40. The maximum absolute atomic E-state index is 10.4. The molecule has 1 N–H and O–H groups in total. The number of rotatable bonds is 5. The Hall–Kier alpha value is 0.490. The van der Waals surface area contributed by atoms with Crippen LogP contribution in [0.3, 0.4) is 0 Å². The van der Waals surface area contributed by atoms with Gasteiger partial charge in [0.25, 0.3) is 10.1 Å². The molecule has 3 nitrogen and oxygen atoms in total. The lowest BCUT2D eigenvalue weighted by molar-refractivity contribution is 0.480. The zero-order valence-electron chi connectivity index (χ0n) is 6.70. The highest BCUT2D eigenvalue weighted by atomic mass is 35.5. The first-order chi connectivity index (χ1) is 5.37. The van der Waals surface area contributed by atoms with Crippen molar-refractivity contribution in [2.24, 2.45) is 0 Å². The molecule has 12 heavy (non-hydrogen) atoms. The highest BCUT2D eigenvalue weighted by Crippen LogP contribution is 2.16. The fourth-order valence-corrected chi connectivity index (χ4v) is 2.41.